The maximum absolute atomic E-state index is 6.96. The summed E-state index contributed by atoms with van der Waals surface area (Å²) in [5, 5.41) is 5.57. The summed E-state index contributed by atoms with van der Waals surface area (Å²) in [7, 11) is 0. The summed E-state index contributed by atoms with van der Waals surface area (Å²) in [6.45, 7) is 0. The number of fused-ring (bicyclic) bond motifs is 8. The van der Waals surface area contributed by atoms with Crippen LogP contribution >= 0.6 is 0 Å². The molecule has 12 aromatic rings. The van der Waals surface area contributed by atoms with E-state index in [9.17, 15) is 0 Å². The van der Waals surface area contributed by atoms with Gasteiger partial charge < -0.3 is 13.7 Å². The second-order valence-corrected chi connectivity index (χ2v) is 15.3. The van der Waals surface area contributed by atoms with Gasteiger partial charge in [-0.1, -0.05) is 170 Å². The first-order valence-corrected chi connectivity index (χ1v) is 20.3. The largest absolute Gasteiger partial charge is 0.453 e. The Morgan fingerprint density at radius 3 is 1.50 bits per heavy atom. The molecule has 0 spiro atoms. The van der Waals surface area contributed by atoms with E-state index >= 15 is 0 Å². The Morgan fingerprint density at radius 2 is 0.817 bits per heavy atom. The molecule has 0 aliphatic rings. The molecule has 0 fully saturated rings. The molecule has 3 aromatic heterocycles. The van der Waals surface area contributed by atoms with E-state index in [1.165, 1.54) is 10.9 Å². The van der Waals surface area contributed by atoms with Crippen LogP contribution in [0.15, 0.2) is 227 Å². The maximum Gasteiger partial charge on any atom is 0.213 e. The van der Waals surface area contributed by atoms with Gasteiger partial charge in [0, 0.05) is 49.7 Å². The van der Waals surface area contributed by atoms with Gasteiger partial charge >= 0.3 is 0 Å². The summed E-state index contributed by atoms with van der Waals surface area (Å²) in [5.74, 6) is 0. The first-order valence-electron chi connectivity index (χ1n) is 20.3. The summed E-state index contributed by atoms with van der Waals surface area (Å²) < 4.78 is 16.1. The zero-order valence-corrected chi connectivity index (χ0v) is 32.5. The maximum atomic E-state index is 6.96. The van der Waals surface area contributed by atoms with Crippen molar-refractivity contribution in [2.24, 2.45) is 0 Å². The highest BCUT2D eigenvalue weighted by Gasteiger charge is 2.23. The van der Waals surface area contributed by atoms with Gasteiger partial charge in [0.15, 0.2) is 5.58 Å². The highest BCUT2D eigenvalue weighted by Crippen LogP contribution is 2.46. The first kappa shape index (κ1) is 34.0. The minimum absolute atomic E-state index is 0.838. The number of rotatable bonds is 7. The highest BCUT2D eigenvalue weighted by atomic mass is 16.3. The van der Waals surface area contributed by atoms with Gasteiger partial charge in [0.2, 0.25) is 5.71 Å². The average Bonchev–Trinajstić information content (AvgIpc) is 4.00. The van der Waals surface area contributed by atoms with Crippen LogP contribution in [0.1, 0.15) is 0 Å². The van der Waals surface area contributed by atoms with E-state index in [2.05, 4.69) is 216 Å². The van der Waals surface area contributed by atoms with Crippen LogP contribution in [0.25, 0.3) is 94.0 Å². The number of hydrogen-bond acceptors (Lipinski definition) is 3. The minimum Gasteiger partial charge on any atom is -0.453 e. The molecule has 0 saturated heterocycles. The zero-order chi connectivity index (χ0) is 39.6. The Labute approximate surface area is 346 Å². The van der Waals surface area contributed by atoms with E-state index in [4.69, 9.17) is 8.83 Å². The number of furan rings is 2. The number of para-hydroxylation sites is 5. The second-order valence-electron chi connectivity index (χ2n) is 15.3. The number of anilines is 3. The molecule has 12 rings (SSSR count). The van der Waals surface area contributed by atoms with E-state index < -0.39 is 0 Å². The molecule has 0 bridgehead atoms. The summed E-state index contributed by atoms with van der Waals surface area (Å²) in [4.78, 5) is 2.31. The molecule has 282 valence electrons. The topological polar surface area (TPSA) is 34.5 Å². The van der Waals surface area contributed by atoms with Gasteiger partial charge in [-0.25, -0.2) is 0 Å². The molecular weight excluding hydrogens is 733 g/mol. The average molecular weight is 769 g/mol. The smallest absolute Gasteiger partial charge is 0.213 e. The molecule has 4 nitrogen and oxygen atoms in total. The lowest BCUT2D eigenvalue weighted by Gasteiger charge is -2.26. The fourth-order valence-electron chi connectivity index (χ4n) is 9.05. The van der Waals surface area contributed by atoms with Crippen LogP contribution in [0, 0.1) is 0 Å². The molecule has 3 heterocycles. The normalized spacial score (nSPS) is 11.7. The minimum atomic E-state index is 0.838. The van der Waals surface area contributed by atoms with Crippen molar-refractivity contribution in [3.63, 3.8) is 0 Å². The van der Waals surface area contributed by atoms with Crippen LogP contribution in [0.3, 0.4) is 0 Å². The molecule has 9 aromatic carbocycles. The fourth-order valence-corrected chi connectivity index (χ4v) is 9.05. The van der Waals surface area contributed by atoms with Crippen molar-refractivity contribution >= 4 is 72.0 Å². The van der Waals surface area contributed by atoms with Crippen LogP contribution in [-0.4, -0.2) is 4.57 Å². The summed E-state index contributed by atoms with van der Waals surface area (Å²) in [6, 6.07) is 77.0. The van der Waals surface area contributed by atoms with Gasteiger partial charge in [-0.2, -0.15) is 0 Å². The van der Waals surface area contributed by atoms with Gasteiger partial charge in [-0.05, 0) is 70.8 Å². The Bertz CT molecular complexity index is 3510. The van der Waals surface area contributed by atoms with Gasteiger partial charge in [0.25, 0.3) is 0 Å². The van der Waals surface area contributed by atoms with Crippen molar-refractivity contribution in [2.75, 3.05) is 4.90 Å². The molecule has 0 atom stereocenters. The molecule has 0 aliphatic heterocycles. The van der Waals surface area contributed by atoms with Crippen LogP contribution < -0.4 is 4.90 Å². The van der Waals surface area contributed by atoms with Gasteiger partial charge in [-0.3, -0.25) is 4.57 Å². The third-order valence-electron chi connectivity index (χ3n) is 11.8. The van der Waals surface area contributed by atoms with Crippen molar-refractivity contribution in [3.8, 4) is 39.1 Å². The number of benzene rings is 9. The van der Waals surface area contributed by atoms with Gasteiger partial charge in [0.1, 0.15) is 11.2 Å². The van der Waals surface area contributed by atoms with Crippen molar-refractivity contribution in [1.82, 2.24) is 4.57 Å². The van der Waals surface area contributed by atoms with E-state index in [1.54, 1.807) is 0 Å². The van der Waals surface area contributed by atoms with Crippen LogP contribution in [0.5, 0.6) is 0 Å². The summed E-state index contributed by atoms with van der Waals surface area (Å²) in [5.41, 5.74) is 15.3. The Kier molecular flexibility index (Phi) is 7.82. The number of hydrogen-bond donors (Lipinski definition) is 0. The van der Waals surface area contributed by atoms with Crippen molar-refractivity contribution < 1.29 is 8.83 Å². The fraction of sp³-hybridized carbons (Fsp3) is 0. The molecule has 0 radical (unpaired) electrons. The molecule has 0 amide bonds. The SMILES string of the molecule is c1ccc(-c2ccc(N(c3ccc(-c4cccc5c4oc4c5c5ccccc5n4-c4ccccc4)cc3)c3cccc4c3oc3c(-c5ccccc5)cccc34)cc2)cc1. The lowest BCUT2D eigenvalue weighted by molar-refractivity contribution is 0.646. The molecule has 0 unspecified atom stereocenters. The standard InChI is InChI=1S/C56H36N2O2/c1-4-15-37(16-5-1)38-29-33-42(34-30-38)57(51-28-14-25-47-46-24-12-22-44(53(46)59-55(47)51)39-17-6-2-7-18-39)43-35-31-40(32-36-43)45-23-13-26-49-52-48-21-10-11-27-50(48)58(56(52)60-54(45)49)41-19-8-3-9-20-41/h1-36H. The van der Waals surface area contributed by atoms with Crippen molar-refractivity contribution in [1.29, 1.82) is 0 Å². The Balaban J connectivity index is 1.02. The van der Waals surface area contributed by atoms with Gasteiger partial charge in [-0.15, -0.1) is 0 Å². The van der Waals surface area contributed by atoms with Crippen LogP contribution in [0.2, 0.25) is 0 Å². The zero-order valence-electron chi connectivity index (χ0n) is 32.5. The van der Waals surface area contributed by atoms with Crippen molar-refractivity contribution in [3.05, 3.63) is 218 Å². The molecule has 60 heavy (non-hydrogen) atoms. The molecule has 0 aliphatic carbocycles. The lowest BCUT2D eigenvalue weighted by atomic mass is 10.0. The Hall–Kier alpha value is -8.08. The van der Waals surface area contributed by atoms with Crippen molar-refractivity contribution in [2.45, 2.75) is 0 Å². The third kappa shape index (κ3) is 5.39. The molecule has 4 heteroatoms. The first-order chi connectivity index (χ1) is 29.8. The third-order valence-corrected chi connectivity index (χ3v) is 11.8. The molecule has 0 N–H and O–H groups in total. The van der Waals surface area contributed by atoms with E-state index in [0.29, 0.717) is 0 Å². The number of aromatic nitrogens is 1. The Morgan fingerprint density at radius 1 is 0.333 bits per heavy atom. The summed E-state index contributed by atoms with van der Waals surface area (Å²) in [6.07, 6.45) is 0. The van der Waals surface area contributed by atoms with Crippen LogP contribution in [-0.2, 0) is 0 Å². The predicted molar refractivity (Wildman–Crippen MR) is 249 cm³/mol. The van der Waals surface area contributed by atoms with E-state index in [0.717, 1.165) is 100 Å². The molecular formula is C56H36N2O2. The van der Waals surface area contributed by atoms with E-state index in [1.807, 2.05) is 12.1 Å². The quantitative estimate of drug-likeness (QED) is 0.162. The predicted octanol–water partition coefficient (Wildman–Crippen LogP) is 15.9. The highest BCUT2D eigenvalue weighted by molar-refractivity contribution is 6.22. The summed E-state index contributed by atoms with van der Waals surface area (Å²) >= 11 is 0. The van der Waals surface area contributed by atoms with E-state index in [-0.39, 0.29) is 0 Å². The number of nitrogens with zero attached hydrogens (tertiary/aromatic N) is 2. The second kappa shape index (κ2) is 13.8. The lowest BCUT2D eigenvalue weighted by Crippen LogP contribution is -2.10. The van der Waals surface area contributed by atoms with Crippen LogP contribution in [0.4, 0.5) is 17.1 Å². The monoisotopic (exact) mass is 768 g/mol. The van der Waals surface area contributed by atoms with Gasteiger partial charge in [0.05, 0.1) is 16.6 Å². The molecule has 0 saturated carbocycles.